The maximum Gasteiger partial charge on any atom is 0.253 e. The van der Waals surface area contributed by atoms with Crippen molar-refractivity contribution in [1.82, 2.24) is 4.90 Å². The molecule has 2 aromatic rings. The molecule has 0 heterocycles. The van der Waals surface area contributed by atoms with Crippen LogP contribution in [0.3, 0.4) is 0 Å². The van der Waals surface area contributed by atoms with Crippen LogP contribution in [0.5, 0.6) is 11.5 Å². The Kier molecular flexibility index (Phi) is 6.03. The van der Waals surface area contributed by atoms with Gasteiger partial charge in [0.25, 0.3) is 5.91 Å². The first kappa shape index (κ1) is 16.9. The second-order valence-electron chi connectivity index (χ2n) is 5.10. The number of hydrogen-bond donors (Lipinski definition) is 0. The molecule has 0 unspecified atom stereocenters. The predicted octanol–water partition coefficient (Wildman–Crippen LogP) is 3.76. The van der Waals surface area contributed by atoms with Crippen molar-refractivity contribution in [2.75, 3.05) is 20.2 Å². The molecule has 0 saturated heterocycles. The van der Waals surface area contributed by atoms with E-state index in [0.29, 0.717) is 25.3 Å². The third-order valence-electron chi connectivity index (χ3n) is 3.74. The normalized spacial score (nSPS) is 10.2. The summed E-state index contributed by atoms with van der Waals surface area (Å²) in [6, 6.07) is 15.0. The molecule has 0 bridgehead atoms. The molecule has 0 aliphatic carbocycles. The first-order chi connectivity index (χ1) is 11.2. The van der Waals surface area contributed by atoms with E-state index in [1.165, 1.54) is 0 Å². The molecule has 0 radical (unpaired) electrons. The summed E-state index contributed by atoms with van der Waals surface area (Å²) in [6.07, 6.45) is 0. The van der Waals surface area contributed by atoms with Crippen molar-refractivity contribution in [3.8, 4) is 11.5 Å². The van der Waals surface area contributed by atoms with E-state index in [1.54, 1.807) is 24.1 Å². The van der Waals surface area contributed by atoms with Crippen molar-refractivity contribution < 1.29 is 14.3 Å². The summed E-state index contributed by atoms with van der Waals surface area (Å²) in [7, 11) is 1.65. The van der Waals surface area contributed by atoms with E-state index in [0.717, 1.165) is 17.1 Å². The van der Waals surface area contributed by atoms with Crippen LogP contribution in [-0.4, -0.2) is 31.0 Å². The Labute approximate surface area is 137 Å². The fourth-order valence-corrected chi connectivity index (χ4v) is 2.37. The number of amides is 1. The Bertz CT molecular complexity index is 633. The molecule has 0 aromatic heterocycles. The number of nitrogens with zero attached hydrogens (tertiary/aromatic N) is 1. The SMILES string of the molecule is CCN(CC)C(=O)c1ccc(OCc2ccccc2OC)cc1. The van der Waals surface area contributed by atoms with Crippen LogP contribution in [0.2, 0.25) is 0 Å². The van der Waals surface area contributed by atoms with E-state index in [1.807, 2.05) is 50.2 Å². The van der Waals surface area contributed by atoms with E-state index in [9.17, 15) is 4.79 Å². The highest BCUT2D eigenvalue weighted by Crippen LogP contribution is 2.20. The van der Waals surface area contributed by atoms with E-state index in [-0.39, 0.29) is 5.91 Å². The summed E-state index contributed by atoms with van der Waals surface area (Å²) in [5, 5.41) is 0. The molecule has 4 heteroatoms. The molecule has 0 atom stereocenters. The summed E-state index contributed by atoms with van der Waals surface area (Å²) in [6.45, 7) is 5.80. The number of carbonyl (C=O) groups is 1. The van der Waals surface area contributed by atoms with Gasteiger partial charge in [-0.3, -0.25) is 4.79 Å². The minimum Gasteiger partial charge on any atom is -0.496 e. The highest BCUT2D eigenvalue weighted by Gasteiger charge is 2.12. The van der Waals surface area contributed by atoms with Crippen LogP contribution in [0.15, 0.2) is 48.5 Å². The molecule has 2 rings (SSSR count). The van der Waals surface area contributed by atoms with Crippen molar-refractivity contribution >= 4 is 5.91 Å². The molecular formula is C19H23NO3. The quantitative estimate of drug-likeness (QED) is 0.781. The van der Waals surface area contributed by atoms with E-state index < -0.39 is 0 Å². The average molecular weight is 313 g/mol. The standard InChI is InChI=1S/C19H23NO3/c1-4-20(5-2)19(21)15-10-12-17(13-11-15)23-14-16-8-6-7-9-18(16)22-3/h6-13H,4-5,14H2,1-3H3. The Morgan fingerprint density at radius 1 is 1.00 bits per heavy atom. The summed E-state index contributed by atoms with van der Waals surface area (Å²) in [5.74, 6) is 1.58. The average Bonchev–Trinajstić information content (AvgIpc) is 2.61. The minimum atomic E-state index is 0.0475. The maximum absolute atomic E-state index is 12.2. The Morgan fingerprint density at radius 2 is 1.65 bits per heavy atom. The third-order valence-corrected chi connectivity index (χ3v) is 3.74. The zero-order chi connectivity index (χ0) is 16.7. The lowest BCUT2D eigenvalue weighted by Gasteiger charge is -2.18. The molecule has 2 aromatic carbocycles. The van der Waals surface area contributed by atoms with Crippen LogP contribution in [-0.2, 0) is 6.61 Å². The zero-order valence-corrected chi connectivity index (χ0v) is 13.9. The number of benzene rings is 2. The lowest BCUT2D eigenvalue weighted by molar-refractivity contribution is 0.0773. The van der Waals surface area contributed by atoms with Gasteiger partial charge in [-0.1, -0.05) is 18.2 Å². The molecule has 1 amide bonds. The molecule has 23 heavy (non-hydrogen) atoms. The molecule has 0 N–H and O–H groups in total. The lowest BCUT2D eigenvalue weighted by atomic mass is 10.2. The van der Waals surface area contributed by atoms with Crippen molar-refractivity contribution in [2.45, 2.75) is 20.5 Å². The molecule has 0 aliphatic heterocycles. The van der Waals surface area contributed by atoms with Gasteiger partial charge in [-0.15, -0.1) is 0 Å². The van der Waals surface area contributed by atoms with E-state index in [4.69, 9.17) is 9.47 Å². The molecule has 122 valence electrons. The Balaban J connectivity index is 2.01. The smallest absolute Gasteiger partial charge is 0.253 e. The zero-order valence-electron chi connectivity index (χ0n) is 13.9. The summed E-state index contributed by atoms with van der Waals surface area (Å²) in [5.41, 5.74) is 1.66. The van der Waals surface area contributed by atoms with Gasteiger partial charge in [0.2, 0.25) is 0 Å². The molecule has 0 saturated carbocycles. The molecule has 0 spiro atoms. The number of para-hydroxylation sites is 1. The fraction of sp³-hybridized carbons (Fsp3) is 0.316. The van der Waals surface area contributed by atoms with Gasteiger partial charge in [-0.25, -0.2) is 0 Å². The van der Waals surface area contributed by atoms with Crippen LogP contribution in [0.25, 0.3) is 0 Å². The van der Waals surface area contributed by atoms with Crippen molar-refractivity contribution in [1.29, 1.82) is 0 Å². The Morgan fingerprint density at radius 3 is 2.26 bits per heavy atom. The number of methoxy groups -OCH3 is 1. The van der Waals surface area contributed by atoms with Gasteiger partial charge in [-0.05, 0) is 44.2 Å². The van der Waals surface area contributed by atoms with Gasteiger partial charge in [0.05, 0.1) is 7.11 Å². The molecular weight excluding hydrogens is 290 g/mol. The Hall–Kier alpha value is -2.49. The number of rotatable bonds is 7. The van der Waals surface area contributed by atoms with Crippen LogP contribution in [0.4, 0.5) is 0 Å². The van der Waals surface area contributed by atoms with Crippen molar-refractivity contribution in [3.05, 3.63) is 59.7 Å². The summed E-state index contributed by atoms with van der Waals surface area (Å²) in [4.78, 5) is 14.0. The first-order valence-electron chi connectivity index (χ1n) is 7.83. The van der Waals surface area contributed by atoms with Crippen molar-refractivity contribution in [3.63, 3.8) is 0 Å². The summed E-state index contributed by atoms with van der Waals surface area (Å²) >= 11 is 0. The van der Waals surface area contributed by atoms with Gasteiger partial charge in [0, 0.05) is 24.2 Å². The van der Waals surface area contributed by atoms with Gasteiger partial charge < -0.3 is 14.4 Å². The van der Waals surface area contributed by atoms with Crippen LogP contribution in [0, 0.1) is 0 Å². The lowest BCUT2D eigenvalue weighted by Crippen LogP contribution is -2.30. The minimum absolute atomic E-state index is 0.0475. The van der Waals surface area contributed by atoms with Gasteiger partial charge in [0.1, 0.15) is 18.1 Å². The number of ether oxygens (including phenoxy) is 2. The highest BCUT2D eigenvalue weighted by atomic mass is 16.5. The van der Waals surface area contributed by atoms with Crippen LogP contribution >= 0.6 is 0 Å². The maximum atomic E-state index is 12.2. The van der Waals surface area contributed by atoms with Gasteiger partial charge >= 0.3 is 0 Å². The topological polar surface area (TPSA) is 38.8 Å². The third kappa shape index (κ3) is 4.25. The van der Waals surface area contributed by atoms with Gasteiger partial charge in [-0.2, -0.15) is 0 Å². The number of carbonyl (C=O) groups excluding carboxylic acids is 1. The number of hydrogen-bond acceptors (Lipinski definition) is 3. The molecule has 0 aliphatic rings. The van der Waals surface area contributed by atoms with Crippen LogP contribution < -0.4 is 9.47 Å². The van der Waals surface area contributed by atoms with Gasteiger partial charge in [0.15, 0.2) is 0 Å². The molecule has 0 fully saturated rings. The van der Waals surface area contributed by atoms with Crippen LogP contribution in [0.1, 0.15) is 29.8 Å². The second-order valence-corrected chi connectivity index (χ2v) is 5.10. The second kappa shape index (κ2) is 8.22. The largest absolute Gasteiger partial charge is 0.496 e. The van der Waals surface area contributed by atoms with E-state index in [2.05, 4.69) is 0 Å². The monoisotopic (exact) mass is 313 g/mol. The highest BCUT2D eigenvalue weighted by molar-refractivity contribution is 5.94. The summed E-state index contributed by atoms with van der Waals surface area (Å²) < 4.78 is 11.1. The van der Waals surface area contributed by atoms with E-state index >= 15 is 0 Å². The first-order valence-corrected chi connectivity index (χ1v) is 7.83. The predicted molar refractivity (Wildman–Crippen MR) is 91.0 cm³/mol. The van der Waals surface area contributed by atoms with Crippen molar-refractivity contribution in [2.24, 2.45) is 0 Å². The fourth-order valence-electron chi connectivity index (χ4n) is 2.37. The molecule has 4 nitrogen and oxygen atoms in total.